The largest absolute Gasteiger partial charge is 0.409 e. The van der Waals surface area contributed by atoms with E-state index in [0.29, 0.717) is 25.9 Å². The van der Waals surface area contributed by atoms with Gasteiger partial charge in [-0.05, 0) is 12.8 Å². The van der Waals surface area contributed by atoms with Crippen molar-refractivity contribution in [3.8, 4) is 0 Å². The Morgan fingerprint density at radius 3 is 2.89 bits per heavy atom. The third kappa shape index (κ3) is 1.68. The molecule has 1 fully saturated rings. The SMILES string of the molecule is N/C(=N/O)C1(C(=O)N2CCn3ccnc3C2)CCC1. The number of carbonyl (C=O) groups excluding carboxylic acids is 1. The average molecular weight is 263 g/mol. The summed E-state index contributed by atoms with van der Waals surface area (Å²) in [4.78, 5) is 18.7. The van der Waals surface area contributed by atoms with Gasteiger partial charge in [-0.25, -0.2) is 4.98 Å². The van der Waals surface area contributed by atoms with Gasteiger partial charge in [0.25, 0.3) is 0 Å². The van der Waals surface area contributed by atoms with Crippen molar-refractivity contribution in [3.63, 3.8) is 0 Å². The van der Waals surface area contributed by atoms with Gasteiger partial charge in [0.05, 0.1) is 6.54 Å². The van der Waals surface area contributed by atoms with E-state index < -0.39 is 5.41 Å². The number of carbonyl (C=O) groups is 1. The van der Waals surface area contributed by atoms with Crippen molar-refractivity contribution in [2.45, 2.75) is 32.4 Å². The summed E-state index contributed by atoms with van der Waals surface area (Å²) in [6.45, 7) is 1.88. The van der Waals surface area contributed by atoms with Crippen molar-refractivity contribution in [2.24, 2.45) is 16.3 Å². The summed E-state index contributed by atoms with van der Waals surface area (Å²) in [6, 6.07) is 0. The number of imidazole rings is 1. The Balaban J connectivity index is 1.82. The Hall–Kier alpha value is -2.05. The predicted octanol–water partition coefficient (Wildman–Crippen LogP) is 0.142. The van der Waals surface area contributed by atoms with Crippen LogP contribution < -0.4 is 5.73 Å². The Bertz CT molecular complexity index is 532. The van der Waals surface area contributed by atoms with Gasteiger partial charge in [-0.2, -0.15) is 0 Å². The number of amidine groups is 1. The van der Waals surface area contributed by atoms with Crippen LogP contribution in [-0.4, -0.2) is 37.9 Å². The van der Waals surface area contributed by atoms with Crippen molar-refractivity contribution in [2.75, 3.05) is 6.54 Å². The first kappa shape index (κ1) is 12.0. The molecule has 0 saturated heterocycles. The molecule has 3 rings (SSSR count). The third-order valence-corrected chi connectivity index (χ3v) is 4.25. The van der Waals surface area contributed by atoms with Crippen molar-refractivity contribution >= 4 is 11.7 Å². The lowest BCUT2D eigenvalue weighted by molar-refractivity contribution is -0.143. The Morgan fingerprint density at radius 1 is 1.47 bits per heavy atom. The van der Waals surface area contributed by atoms with Crippen molar-refractivity contribution < 1.29 is 10.0 Å². The fourth-order valence-corrected chi connectivity index (χ4v) is 2.86. The topological polar surface area (TPSA) is 96.7 Å². The zero-order valence-electron chi connectivity index (χ0n) is 10.6. The Labute approximate surface area is 110 Å². The molecule has 3 N–H and O–H groups in total. The number of nitrogens with zero attached hydrogens (tertiary/aromatic N) is 4. The number of amides is 1. The quantitative estimate of drug-likeness (QED) is 0.343. The molecule has 0 atom stereocenters. The molecule has 1 aromatic heterocycles. The van der Waals surface area contributed by atoms with Gasteiger partial charge in [0.1, 0.15) is 11.2 Å². The number of nitrogens with two attached hydrogens (primary N) is 1. The maximum Gasteiger partial charge on any atom is 0.236 e. The van der Waals surface area contributed by atoms with Crippen LogP contribution in [0.2, 0.25) is 0 Å². The lowest BCUT2D eigenvalue weighted by Gasteiger charge is -2.43. The molecule has 102 valence electrons. The van der Waals surface area contributed by atoms with Crippen LogP contribution in [-0.2, 0) is 17.9 Å². The molecule has 7 nitrogen and oxygen atoms in total. The Morgan fingerprint density at radius 2 is 2.26 bits per heavy atom. The number of hydrogen-bond acceptors (Lipinski definition) is 4. The van der Waals surface area contributed by atoms with Gasteiger partial charge >= 0.3 is 0 Å². The third-order valence-electron chi connectivity index (χ3n) is 4.25. The highest BCUT2D eigenvalue weighted by Gasteiger charge is 2.50. The van der Waals surface area contributed by atoms with Crippen LogP contribution in [0.25, 0.3) is 0 Å². The molecule has 7 heteroatoms. The molecular weight excluding hydrogens is 246 g/mol. The summed E-state index contributed by atoms with van der Waals surface area (Å²) in [5.41, 5.74) is 4.94. The van der Waals surface area contributed by atoms with E-state index in [1.54, 1.807) is 11.1 Å². The first-order valence-electron chi connectivity index (χ1n) is 6.45. The number of oxime groups is 1. The van der Waals surface area contributed by atoms with Crippen LogP contribution in [0.1, 0.15) is 25.1 Å². The van der Waals surface area contributed by atoms with Gasteiger partial charge in [-0.15, -0.1) is 0 Å². The van der Waals surface area contributed by atoms with E-state index in [4.69, 9.17) is 10.9 Å². The predicted molar refractivity (Wildman–Crippen MR) is 67.3 cm³/mol. The maximum absolute atomic E-state index is 12.7. The van der Waals surface area contributed by atoms with Crippen molar-refractivity contribution in [3.05, 3.63) is 18.2 Å². The van der Waals surface area contributed by atoms with E-state index in [1.807, 2.05) is 10.8 Å². The molecule has 1 aliphatic heterocycles. The second-order valence-electron chi connectivity index (χ2n) is 5.18. The fourth-order valence-electron chi connectivity index (χ4n) is 2.86. The van der Waals surface area contributed by atoms with Crippen LogP contribution >= 0.6 is 0 Å². The second kappa shape index (κ2) is 4.25. The summed E-state index contributed by atoms with van der Waals surface area (Å²) in [7, 11) is 0. The molecule has 0 unspecified atom stereocenters. The standard InChI is InChI=1S/C12H17N5O2/c13-10(15-19)12(2-1-3-12)11(18)17-7-6-16-5-4-14-9(16)8-17/h4-5,19H,1-3,6-8H2,(H2,13,15). The van der Waals surface area contributed by atoms with E-state index in [1.165, 1.54) is 0 Å². The van der Waals surface area contributed by atoms with E-state index >= 15 is 0 Å². The minimum absolute atomic E-state index is 0.0386. The molecule has 0 aromatic carbocycles. The molecule has 1 aliphatic carbocycles. The van der Waals surface area contributed by atoms with E-state index in [9.17, 15) is 4.79 Å². The summed E-state index contributed by atoms with van der Waals surface area (Å²) in [6.07, 6.45) is 5.91. The zero-order chi connectivity index (χ0) is 13.5. The molecule has 1 aromatic rings. The highest BCUT2D eigenvalue weighted by Crippen LogP contribution is 2.43. The highest BCUT2D eigenvalue weighted by molar-refractivity contribution is 6.07. The monoisotopic (exact) mass is 263 g/mol. The average Bonchev–Trinajstić information content (AvgIpc) is 2.84. The first-order valence-corrected chi connectivity index (χ1v) is 6.45. The molecular formula is C12H17N5O2. The van der Waals surface area contributed by atoms with Gasteiger partial charge < -0.3 is 20.4 Å². The minimum atomic E-state index is -0.788. The summed E-state index contributed by atoms with van der Waals surface area (Å²) < 4.78 is 2.04. The lowest BCUT2D eigenvalue weighted by Crippen LogP contribution is -2.56. The molecule has 2 heterocycles. The van der Waals surface area contributed by atoms with E-state index in [-0.39, 0.29) is 11.7 Å². The second-order valence-corrected chi connectivity index (χ2v) is 5.18. The minimum Gasteiger partial charge on any atom is -0.409 e. The first-order chi connectivity index (χ1) is 9.17. The summed E-state index contributed by atoms with van der Waals surface area (Å²) >= 11 is 0. The molecule has 19 heavy (non-hydrogen) atoms. The molecule has 0 radical (unpaired) electrons. The van der Waals surface area contributed by atoms with Crippen LogP contribution in [0.5, 0.6) is 0 Å². The maximum atomic E-state index is 12.7. The van der Waals surface area contributed by atoms with Crippen LogP contribution in [0.15, 0.2) is 17.5 Å². The van der Waals surface area contributed by atoms with E-state index in [2.05, 4.69) is 10.1 Å². The van der Waals surface area contributed by atoms with Crippen molar-refractivity contribution in [1.82, 2.24) is 14.5 Å². The molecule has 0 spiro atoms. The van der Waals surface area contributed by atoms with Crippen LogP contribution in [0, 0.1) is 5.41 Å². The normalized spacial score (nSPS) is 21.7. The van der Waals surface area contributed by atoms with Gasteiger partial charge in [-0.3, -0.25) is 4.79 Å². The van der Waals surface area contributed by atoms with Crippen LogP contribution in [0.3, 0.4) is 0 Å². The zero-order valence-corrected chi connectivity index (χ0v) is 10.6. The van der Waals surface area contributed by atoms with Crippen molar-refractivity contribution in [1.29, 1.82) is 0 Å². The fraction of sp³-hybridized carbons (Fsp3) is 0.583. The lowest BCUT2D eigenvalue weighted by atomic mass is 9.66. The molecule has 1 saturated carbocycles. The van der Waals surface area contributed by atoms with Gasteiger partial charge in [0.2, 0.25) is 5.91 Å². The summed E-state index contributed by atoms with van der Waals surface area (Å²) in [5.74, 6) is 0.884. The number of rotatable bonds is 2. The summed E-state index contributed by atoms with van der Waals surface area (Å²) in [5, 5.41) is 11.9. The van der Waals surface area contributed by atoms with Gasteiger partial charge in [0, 0.05) is 25.5 Å². The van der Waals surface area contributed by atoms with E-state index in [0.717, 1.165) is 18.8 Å². The molecule has 0 bridgehead atoms. The molecule has 2 aliphatic rings. The number of hydrogen-bond donors (Lipinski definition) is 2. The number of aromatic nitrogens is 2. The molecule has 1 amide bonds. The smallest absolute Gasteiger partial charge is 0.236 e. The van der Waals surface area contributed by atoms with Crippen LogP contribution in [0.4, 0.5) is 0 Å². The number of fused-ring (bicyclic) bond motifs is 1. The van der Waals surface area contributed by atoms with Gasteiger partial charge in [0.15, 0.2) is 5.84 Å². The van der Waals surface area contributed by atoms with Gasteiger partial charge in [-0.1, -0.05) is 11.6 Å². The Kier molecular flexibility index (Phi) is 2.69. The highest BCUT2D eigenvalue weighted by atomic mass is 16.4.